The highest BCUT2D eigenvalue weighted by molar-refractivity contribution is 6.31. The normalized spacial score (nSPS) is 13.8. The van der Waals surface area contributed by atoms with Gasteiger partial charge in [0.2, 0.25) is 0 Å². The van der Waals surface area contributed by atoms with Crippen molar-refractivity contribution in [2.45, 2.75) is 5.41 Å². The van der Waals surface area contributed by atoms with Crippen LogP contribution in [-0.2, 0) is 5.41 Å². The van der Waals surface area contributed by atoms with Crippen LogP contribution >= 0.6 is 11.6 Å². The lowest BCUT2D eigenvalue weighted by Gasteiger charge is -2.33. The molecular formula is C31H19ClO. The molecule has 0 unspecified atom stereocenters. The standard InChI is InChI=1S/C31H19ClO/c32-22-15-16-29-25(17-22)26-18-24-23-13-7-8-14-27(23)31(20-9-3-1-4-10-20,21-11-5-2-6-12-21)28(24)19-30(26)33-29/h1-19H. The van der Waals surface area contributed by atoms with Crippen molar-refractivity contribution in [2.75, 3.05) is 0 Å². The number of fused-ring (bicyclic) bond motifs is 6. The van der Waals surface area contributed by atoms with Gasteiger partial charge in [0.1, 0.15) is 11.2 Å². The lowest BCUT2D eigenvalue weighted by Crippen LogP contribution is -2.28. The summed E-state index contributed by atoms with van der Waals surface area (Å²) in [4.78, 5) is 0. The van der Waals surface area contributed by atoms with Crippen molar-refractivity contribution in [3.05, 3.63) is 143 Å². The first-order valence-electron chi connectivity index (χ1n) is 11.1. The summed E-state index contributed by atoms with van der Waals surface area (Å²) in [6.45, 7) is 0. The van der Waals surface area contributed by atoms with Gasteiger partial charge in [-0.15, -0.1) is 0 Å². The van der Waals surface area contributed by atoms with Crippen LogP contribution in [0.4, 0.5) is 0 Å². The molecule has 1 nitrogen and oxygen atoms in total. The molecular weight excluding hydrogens is 424 g/mol. The second kappa shape index (κ2) is 6.84. The molecule has 0 saturated heterocycles. The molecule has 0 amide bonds. The van der Waals surface area contributed by atoms with Crippen molar-refractivity contribution in [3.63, 3.8) is 0 Å². The van der Waals surface area contributed by atoms with E-state index in [1.807, 2.05) is 18.2 Å². The summed E-state index contributed by atoms with van der Waals surface area (Å²) in [5.41, 5.74) is 8.88. The van der Waals surface area contributed by atoms with Crippen molar-refractivity contribution in [3.8, 4) is 11.1 Å². The lowest BCUT2D eigenvalue weighted by molar-refractivity contribution is 0.666. The zero-order chi connectivity index (χ0) is 22.0. The summed E-state index contributed by atoms with van der Waals surface area (Å²) in [6, 6.07) is 40.8. The first-order chi connectivity index (χ1) is 16.3. The van der Waals surface area contributed by atoms with Crippen LogP contribution in [0.3, 0.4) is 0 Å². The second-order valence-electron chi connectivity index (χ2n) is 8.66. The Kier molecular flexibility index (Phi) is 3.88. The molecule has 1 aromatic heterocycles. The molecule has 5 aromatic carbocycles. The van der Waals surface area contributed by atoms with Gasteiger partial charge < -0.3 is 4.42 Å². The van der Waals surface area contributed by atoms with Gasteiger partial charge in [-0.25, -0.2) is 0 Å². The van der Waals surface area contributed by atoms with Crippen LogP contribution in [0.2, 0.25) is 5.02 Å². The third kappa shape index (κ3) is 2.49. The summed E-state index contributed by atoms with van der Waals surface area (Å²) in [7, 11) is 0. The maximum absolute atomic E-state index is 6.34. The van der Waals surface area contributed by atoms with Crippen LogP contribution < -0.4 is 0 Å². The smallest absolute Gasteiger partial charge is 0.135 e. The van der Waals surface area contributed by atoms with Crippen LogP contribution in [0.15, 0.2) is 120 Å². The summed E-state index contributed by atoms with van der Waals surface area (Å²) in [5, 5.41) is 2.86. The van der Waals surface area contributed by atoms with E-state index in [1.165, 1.54) is 33.4 Å². The highest BCUT2D eigenvalue weighted by Crippen LogP contribution is 2.57. The molecule has 0 bridgehead atoms. The summed E-state index contributed by atoms with van der Waals surface area (Å²) in [5.74, 6) is 0. The fourth-order valence-electron chi connectivity index (χ4n) is 5.68. The number of halogens is 1. The van der Waals surface area contributed by atoms with Gasteiger partial charge in [-0.3, -0.25) is 0 Å². The molecule has 0 spiro atoms. The van der Waals surface area contributed by atoms with E-state index >= 15 is 0 Å². The van der Waals surface area contributed by atoms with Crippen LogP contribution in [-0.4, -0.2) is 0 Å². The van der Waals surface area contributed by atoms with E-state index in [2.05, 4.69) is 97.1 Å². The Morgan fingerprint density at radius 2 is 1.15 bits per heavy atom. The van der Waals surface area contributed by atoms with Gasteiger partial charge in [-0.05, 0) is 63.7 Å². The molecule has 0 aliphatic heterocycles. The number of rotatable bonds is 2. The van der Waals surface area contributed by atoms with Crippen molar-refractivity contribution < 1.29 is 4.42 Å². The molecule has 156 valence electrons. The van der Waals surface area contributed by atoms with Gasteiger partial charge in [0, 0.05) is 15.8 Å². The fraction of sp³-hybridized carbons (Fsp3) is 0.0323. The number of benzene rings is 5. The molecule has 1 aliphatic rings. The van der Waals surface area contributed by atoms with Crippen LogP contribution in [0.5, 0.6) is 0 Å². The quantitative estimate of drug-likeness (QED) is 0.261. The van der Waals surface area contributed by atoms with Crippen LogP contribution in [0.1, 0.15) is 22.3 Å². The monoisotopic (exact) mass is 442 g/mol. The maximum Gasteiger partial charge on any atom is 0.135 e. The zero-order valence-corrected chi connectivity index (χ0v) is 18.5. The average Bonchev–Trinajstić information content (AvgIpc) is 3.36. The molecule has 7 rings (SSSR count). The van der Waals surface area contributed by atoms with E-state index in [9.17, 15) is 0 Å². The molecule has 0 N–H and O–H groups in total. The van der Waals surface area contributed by atoms with Gasteiger partial charge >= 0.3 is 0 Å². The molecule has 0 fully saturated rings. The first-order valence-corrected chi connectivity index (χ1v) is 11.5. The molecule has 0 radical (unpaired) electrons. The van der Waals surface area contributed by atoms with Gasteiger partial charge in [0.25, 0.3) is 0 Å². The maximum atomic E-state index is 6.34. The van der Waals surface area contributed by atoms with Crippen molar-refractivity contribution >= 4 is 33.5 Å². The molecule has 1 aliphatic carbocycles. The molecule has 33 heavy (non-hydrogen) atoms. The highest BCUT2D eigenvalue weighted by Gasteiger charge is 2.46. The van der Waals surface area contributed by atoms with Gasteiger partial charge in [0.15, 0.2) is 0 Å². The molecule has 2 heteroatoms. The van der Waals surface area contributed by atoms with E-state index in [-0.39, 0.29) is 0 Å². The van der Waals surface area contributed by atoms with E-state index in [1.54, 1.807) is 0 Å². The third-order valence-electron chi connectivity index (χ3n) is 7.01. The third-order valence-corrected chi connectivity index (χ3v) is 7.25. The Bertz CT molecular complexity index is 1620. The Balaban J connectivity index is 1.68. The van der Waals surface area contributed by atoms with Crippen molar-refractivity contribution in [1.29, 1.82) is 0 Å². The molecule has 1 heterocycles. The fourth-order valence-corrected chi connectivity index (χ4v) is 5.86. The Hall–Kier alpha value is -3.81. The first kappa shape index (κ1) is 18.7. The van der Waals surface area contributed by atoms with Crippen LogP contribution in [0.25, 0.3) is 33.1 Å². The summed E-state index contributed by atoms with van der Waals surface area (Å²) >= 11 is 6.34. The van der Waals surface area contributed by atoms with Crippen molar-refractivity contribution in [2.24, 2.45) is 0 Å². The summed E-state index contributed by atoms with van der Waals surface area (Å²) < 4.78 is 6.34. The minimum absolute atomic E-state index is 0.417. The lowest BCUT2D eigenvalue weighted by atomic mass is 9.67. The minimum atomic E-state index is -0.417. The largest absolute Gasteiger partial charge is 0.456 e. The van der Waals surface area contributed by atoms with Gasteiger partial charge in [-0.2, -0.15) is 0 Å². The predicted molar refractivity (Wildman–Crippen MR) is 136 cm³/mol. The second-order valence-corrected chi connectivity index (χ2v) is 9.10. The number of hydrogen-bond acceptors (Lipinski definition) is 1. The Labute approximate surface area is 196 Å². The van der Waals surface area contributed by atoms with E-state index in [0.29, 0.717) is 5.02 Å². The van der Waals surface area contributed by atoms with Crippen molar-refractivity contribution in [1.82, 2.24) is 0 Å². The molecule has 0 saturated carbocycles. The average molecular weight is 443 g/mol. The van der Waals surface area contributed by atoms with Gasteiger partial charge in [-0.1, -0.05) is 96.5 Å². The molecule has 0 atom stereocenters. The van der Waals surface area contributed by atoms with Crippen LogP contribution in [0, 0.1) is 0 Å². The predicted octanol–water partition coefficient (Wildman–Crippen LogP) is 8.60. The Morgan fingerprint density at radius 1 is 0.515 bits per heavy atom. The molecule has 6 aromatic rings. The zero-order valence-electron chi connectivity index (χ0n) is 17.8. The Morgan fingerprint density at radius 3 is 1.88 bits per heavy atom. The van der Waals surface area contributed by atoms with E-state index < -0.39 is 5.41 Å². The number of hydrogen-bond donors (Lipinski definition) is 0. The SMILES string of the molecule is Clc1ccc2oc3cc4c(cc3c2c1)-c1ccccc1C4(c1ccccc1)c1ccccc1. The minimum Gasteiger partial charge on any atom is -0.456 e. The van der Waals surface area contributed by atoms with E-state index in [0.717, 1.165) is 21.9 Å². The topological polar surface area (TPSA) is 13.1 Å². The van der Waals surface area contributed by atoms with Gasteiger partial charge in [0.05, 0.1) is 5.41 Å². The highest BCUT2D eigenvalue weighted by atomic mass is 35.5. The number of furan rings is 1. The van der Waals surface area contributed by atoms with E-state index in [4.69, 9.17) is 16.0 Å². The summed E-state index contributed by atoms with van der Waals surface area (Å²) in [6.07, 6.45) is 0.